The van der Waals surface area contributed by atoms with Gasteiger partial charge < -0.3 is 4.74 Å². The number of aromatic nitrogens is 4. The van der Waals surface area contributed by atoms with E-state index in [1.807, 2.05) is 6.07 Å². The van der Waals surface area contributed by atoms with Gasteiger partial charge in [-0.3, -0.25) is 14.3 Å². The molecule has 0 unspecified atom stereocenters. The van der Waals surface area contributed by atoms with Gasteiger partial charge in [0.25, 0.3) is 5.56 Å². The van der Waals surface area contributed by atoms with Gasteiger partial charge in [-0.15, -0.1) is 0 Å². The molecule has 7 nitrogen and oxygen atoms in total. The van der Waals surface area contributed by atoms with Crippen LogP contribution in [0.1, 0.15) is 24.0 Å². The fourth-order valence-electron chi connectivity index (χ4n) is 3.69. The summed E-state index contributed by atoms with van der Waals surface area (Å²) in [4.78, 5) is 26.4. The number of fused-ring (bicyclic) bond motifs is 3. The van der Waals surface area contributed by atoms with Crippen LogP contribution in [0.15, 0.2) is 59.8 Å². The molecular formula is C25H19FIN5O2. The first-order valence-corrected chi connectivity index (χ1v) is 11.9. The van der Waals surface area contributed by atoms with Crippen LogP contribution in [0.4, 0.5) is 4.39 Å². The monoisotopic (exact) mass is 567 g/mol. The van der Waals surface area contributed by atoms with E-state index in [1.165, 1.54) is 21.1 Å². The zero-order valence-corrected chi connectivity index (χ0v) is 20.6. The smallest absolute Gasteiger partial charge is 0.263 e. The second kappa shape index (κ2) is 10.1. The van der Waals surface area contributed by atoms with E-state index in [4.69, 9.17) is 4.74 Å². The van der Waals surface area contributed by atoms with Crippen molar-refractivity contribution < 1.29 is 9.13 Å². The number of pyridine rings is 2. The van der Waals surface area contributed by atoms with Crippen LogP contribution in [-0.2, 0) is 6.61 Å². The number of benzene rings is 1. The fraction of sp³-hybridized carbons (Fsp3) is 0.160. The van der Waals surface area contributed by atoms with Gasteiger partial charge in [0.15, 0.2) is 0 Å². The summed E-state index contributed by atoms with van der Waals surface area (Å²) in [7, 11) is 0. The van der Waals surface area contributed by atoms with Crippen molar-refractivity contribution in [3.05, 3.63) is 88.2 Å². The summed E-state index contributed by atoms with van der Waals surface area (Å²) in [6.07, 6.45) is 4.71. The minimum atomic E-state index is -0.691. The summed E-state index contributed by atoms with van der Waals surface area (Å²) < 4.78 is 22.8. The van der Waals surface area contributed by atoms with Crippen molar-refractivity contribution in [2.45, 2.75) is 20.5 Å². The van der Waals surface area contributed by atoms with Crippen molar-refractivity contribution in [3.8, 4) is 39.9 Å². The third-order valence-electron chi connectivity index (χ3n) is 5.13. The molecular weight excluding hydrogens is 548 g/mol. The molecule has 0 fully saturated rings. The van der Waals surface area contributed by atoms with Crippen molar-refractivity contribution in [1.29, 1.82) is 5.26 Å². The lowest BCUT2D eigenvalue weighted by atomic mass is 9.96. The lowest BCUT2D eigenvalue weighted by Crippen LogP contribution is -2.27. The Kier molecular flexibility index (Phi) is 6.98. The number of halogens is 2. The molecule has 0 atom stereocenters. The maximum atomic E-state index is 14.3. The summed E-state index contributed by atoms with van der Waals surface area (Å²) in [5, 5.41) is 9.51. The molecule has 0 amide bonds. The summed E-state index contributed by atoms with van der Waals surface area (Å²) in [5.74, 6) is 0.442. The minimum Gasteiger partial charge on any atom is -0.485 e. The second-order valence-electron chi connectivity index (χ2n) is 7.23. The summed E-state index contributed by atoms with van der Waals surface area (Å²) in [6, 6.07) is 11.3. The molecule has 1 aromatic carbocycles. The number of ether oxygens (including phenoxy) is 1. The van der Waals surface area contributed by atoms with E-state index in [2.05, 4.69) is 44.5 Å². The molecule has 4 heterocycles. The highest BCUT2D eigenvalue weighted by Gasteiger charge is 2.26. The van der Waals surface area contributed by atoms with Gasteiger partial charge >= 0.3 is 0 Å². The molecule has 1 aliphatic rings. The highest BCUT2D eigenvalue weighted by atomic mass is 127. The lowest BCUT2D eigenvalue weighted by Gasteiger charge is -2.24. The van der Waals surface area contributed by atoms with Gasteiger partial charge in [0.1, 0.15) is 35.8 Å². The van der Waals surface area contributed by atoms with Crippen LogP contribution in [0.3, 0.4) is 0 Å². The first kappa shape index (κ1) is 23.5. The summed E-state index contributed by atoms with van der Waals surface area (Å²) in [5.41, 5.74) is 1.98. The molecule has 3 aromatic heterocycles. The third kappa shape index (κ3) is 4.28. The van der Waals surface area contributed by atoms with Crippen molar-refractivity contribution in [3.63, 3.8) is 0 Å². The quantitative estimate of drug-likeness (QED) is 0.250. The van der Waals surface area contributed by atoms with E-state index in [0.717, 1.165) is 0 Å². The van der Waals surface area contributed by atoms with E-state index < -0.39 is 11.4 Å². The lowest BCUT2D eigenvalue weighted by molar-refractivity contribution is 0.292. The van der Waals surface area contributed by atoms with E-state index >= 15 is 0 Å². The Bertz CT molecular complexity index is 1460. The van der Waals surface area contributed by atoms with Crippen molar-refractivity contribution in [2.75, 3.05) is 4.43 Å². The van der Waals surface area contributed by atoms with Crippen LogP contribution >= 0.6 is 22.6 Å². The topological polar surface area (TPSA) is 93.7 Å². The van der Waals surface area contributed by atoms with Gasteiger partial charge in [0.05, 0.1) is 29.3 Å². The minimum absolute atomic E-state index is 0.131. The Labute approximate surface area is 209 Å². The molecule has 0 radical (unpaired) electrons. The Morgan fingerprint density at radius 3 is 2.59 bits per heavy atom. The number of aryl methyl sites for hydroxylation is 1. The number of hydrogen-bond acceptors (Lipinski definition) is 6. The Morgan fingerprint density at radius 1 is 1.15 bits per heavy atom. The molecule has 170 valence electrons. The molecule has 5 rings (SSSR count). The van der Waals surface area contributed by atoms with E-state index in [9.17, 15) is 14.4 Å². The number of alkyl halides is 1. The van der Waals surface area contributed by atoms with Crippen LogP contribution in [-0.4, -0.2) is 23.9 Å². The van der Waals surface area contributed by atoms with E-state index in [-0.39, 0.29) is 23.3 Å². The molecule has 1 aliphatic heterocycles. The number of nitrogens with zero attached hydrogens (tertiary/aromatic N) is 5. The SMILES string of the molecule is CCI.Cc1ncc(-n2c3c(cc(-c4cccc(F)c4C#N)c2=O)-c2ncccc2OC3)cn1. The molecule has 0 N–H and O–H groups in total. The zero-order chi connectivity index (χ0) is 24.2. The van der Waals surface area contributed by atoms with E-state index in [1.54, 1.807) is 49.8 Å². The largest absolute Gasteiger partial charge is 0.485 e. The molecule has 4 aromatic rings. The highest BCUT2D eigenvalue weighted by molar-refractivity contribution is 14.1. The van der Waals surface area contributed by atoms with Crippen LogP contribution in [0.25, 0.3) is 28.1 Å². The predicted octanol–water partition coefficient (Wildman–Crippen LogP) is 5.01. The molecule has 0 bridgehead atoms. The van der Waals surface area contributed by atoms with Crippen molar-refractivity contribution in [2.24, 2.45) is 0 Å². The average Bonchev–Trinajstić information content (AvgIpc) is 2.84. The van der Waals surface area contributed by atoms with Crippen LogP contribution < -0.4 is 10.3 Å². The zero-order valence-electron chi connectivity index (χ0n) is 18.4. The van der Waals surface area contributed by atoms with Gasteiger partial charge in [0, 0.05) is 22.9 Å². The standard InChI is InChI=1S/C23H14FN5O2.C2H5I/c1-13-27-10-14(11-28-13)29-20-12-31-21-6-3-7-26-22(21)17(20)8-16(23(29)30)15-4-2-5-19(24)18(15)9-25;1-2-3/h2-8,10-11H,12H2,1H3;2H2,1H3. The van der Waals surface area contributed by atoms with Crippen LogP contribution in [0, 0.1) is 24.1 Å². The van der Waals surface area contributed by atoms with E-state index in [0.29, 0.717) is 34.2 Å². The second-order valence-corrected chi connectivity index (χ2v) is 8.75. The van der Waals surface area contributed by atoms with Gasteiger partial charge in [-0.25, -0.2) is 14.4 Å². The van der Waals surface area contributed by atoms with Crippen molar-refractivity contribution >= 4 is 22.6 Å². The molecule has 34 heavy (non-hydrogen) atoms. The molecule has 0 spiro atoms. The average molecular weight is 567 g/mol. The van der Waals surface area contributed by atoms with Crippen LogP contribution in [0.5, 0.6) is 5.75 Å². The number of rotatable bonds is 2. The van der Waals surface area contributed by atoms with Crippen LogP contribution in [0.2, 0.25) is 0 Å². The predicted molar refractivity (Wildman–Crippen MR) is 135 cm³/mol. The summed E-state index contributed by atoms with van der Waals surface area (Å²) >= 11 is 2.29. The number of hydrogen-bond donors (Lipinski definition) is 0. The summed E-state index contributed by atoms with van der Waals surface area (Å²) in [6.45, 7) is 3.99. The first-order chi connectivity index (χ1) is 16.5. The van der Waals surface area contributed by atoms with Gasteiger partial charge in [-0.05, 0) is 35.6 Å². The van der Waals surface area contributed by atoms with Gasteiger partial charge in [-0.2, -0.15) is 5.26 Å². The molecule has 0 saturated carbocycles. The Morgan fingerprint density at radius 2 is 1.88 bits per heavy atom. The Hall–Kier alpha value is -3.65. The normalized spacial score (nSPS) is 11.3. The molecule has 0 aliphatic carbocycles. The van der Waals surface area contributed by atoms with Crippen molar-refractivity contribution in [1.82, 2.24) is 19.5 Å². The third-order valence-corrected chi connectivity index (χ3v) is 5.13. The first-order valence-electron chi connectivity index (χ1n) is 10.4. The fourth-order valence-corrected chi connectivity index (χ4v) is 3.69. The maximum Gasteiger partial charge on any atom is 0.263 e. The number of nitriles is 1. The maximum absolute atomic E-state index is 14.3. The molecule has 0 saturated heterocycles. The highest BCUT2D eigenvalue weighted by Crippen LogP contribution is 2.38. The van der Waals surface area contributed by atoms with Gasteiger partial charge in [-0.1, -0.05) is 41.6 Å². The Balaban J connectivity index is 0.000000868. The molecule has 9 heteroatoms. The van der Waals surface area contributed by atoms with Gasteiger partial charge in [0.2, 0.25) is 0 Å².